The van der Waals surface area contributed by atoms with Crippen LogP contribution in [0.25, 0.3) is 0 Å². The van der Waals surface area contributed by atoms with Crippen molar-refractivity contribution >= 4 is 11.3 Å². The molecule has 3 heterocycles. The summed E-state index contributed by atoms with van der Waals surface area (Å²) in [6.45, 7) is 4.86. The normalized spacial score (nSPS) is 17.4. The molecule has 2 aromatic rings. The van der Waals surface area contributed by atoms with Gasteiger partial charge in [0.1, 0.15) is 0 Å². The molecule has 0 aliphatic carbocycles. The Labute approximate surface area is 117 Å². The van der Waals surface area contributed by atoms with Crippen LogP contribution in [0.5, 0.6) is 0 Å². The van der Waals surface area contributed by atoms with Gasteiger partial charge in [0.15, 0.2) is 0 Å². The molecule has 102 valence electrons. The first-order valence-corrected chi connectivity index (χ1v) is 7.56. The molecule has 1 unspecified atom stereocenters. The van der Waals surface area contributed by atoms with Gasteiger partial charge in [0.25, 0.3) is 0 Å². The van der Waals surface area contributed by atoms with Crippen LogP contribution in [0.3, 0.4) is 0 Å². The van der Waals surface area contributed by atoms with Crippen LogP contribution >= 0.6 is 11.3 Å². The van der Waals surface area contributed by atoms with E-state index in [2.05, 4.69) is 28.4 Å². The number of aryl methyl sites for hydroxylation is 1. The fourth-order valence-electron chi connectivity index (χ4n) is 2.85. The number of fused-ring (bicyclic) bond motifs is 1. The Morgan fingerprint density at radius 1 is 1.53 bits per heavy atom. The minimum absolute atomic E-state index is 0.279. The van der Waals surface area contributed by atoms with Gasteiger partial charge in [-0.05, 0) is 30.4 Å². The first-order valence-electron chi connectivity index (χ1n) is 6.68. The van der Waals surface area contributed by atoms with Crippen molar-refractivity contribution in [1.82, 2.24) is 14.7 Å². The number of thiophene rings is 1. The van der Waals surface area contributed by atoms with Gasteiger partial charge in [0.2, 0.25) is 0 Å². The summed E-state index contributed by atoms with van der Waals surface area (Å²) >= 11 is 1.88. The zero-order valence-corrected chi connectivity index (χ0v) is 12.3. The van der Waals surface area contributed by atoms with E-state index in [9.17, 15) is 0 Å². The second-order valence-electron chi connectivity index (χ2n) is 5.15. The van der Waals surface area contributed by atoms with Crippen LogP contribution in [0.15, 0.2) is 17.6 Å². The minimum atomic E-state index is 0.279. The first-order chi connectivity index (χ1) is 9.20. The second-order valence-corrected chi connectivity index (χ2v) is 6.15. The Bertz CT molecular complexity index is 572. The highest BCUT2D eigenvalue weighted by Crippen LogP contribution is 2.30. The van der Waals surface area contributed by atoms with Crippen LogP contribution in [0.1, 0.15) is 27.7 Å². The third-order valence-corrected chi connectivity index (χ3v) is 5.16. The van der Waals surface area contributed by atoms with Crippen molar-refractivity contribution in [3.63, 3.8) is 0 Å². The zero-order chi connectivity index (χ0) is 13.4. The largest absolute Gasteiger partial charge is 0.329 e. The molecule has 2 N–H and O–H groups in total. The molecule has 1 atom stereocenters. The van der Waals surface area contributed by atoms with Gasteiger partial charge in [-0.1, -0.05) is 0 Å². The SMILES string of the molecule is Cc1c(C(CN)N2CCc3sccc3C2)cnn1C. The van der Waals surface area contributed by atoms with E-state index in [0.717, 1.165) is 19.5 Å². The highest BCUT2D eigenvalue weighted by atomic mass is 32.1. The average Bonchev–Trinajstić information content (AvgIpc) is 3.00. The van der Waals surface area contributed by atoms with Gasteiger partial charge in [0.05, 0.1) is 12.2 Å². The van der Waals surface area contributed by atoms with Crippen LogP contribution in [-0.4, -0.2) is 27.8 Å². The van der Waals surface area contributed by atoms with Gasteiger partial charge in [-0.15, -0.1) is 11.3 Å². The molecule has 4 nitrogen and oxygen atoms in total. The van der Waals surface area contributed by atoms with Crippen molar-refractivity contribution < 1.29 is 0 Å². The maximum atomic E-state index is 6.03. The van der Waals surface area contributed by atoms with Crippen molar-refractivity contribution in [2.24, 2.45) is 12.8 Å². The van der Waals surface area contributed by atoms with E-state index in [1.54, 1.807) is 0 Å². The zero-order valence-electron chi connectivity index (χ0n) is 11.5. The summed E-state index contributed by atoms with van der Waals surface area (Å²) in [5, 5.41) is 6.55. The van der Waals surface area contributed by atoms with Crippen LogP contribution in [-0.2, 0) is 20.0 Å². The number of nitrogens with two attached hydrogens (primary N) is 1. The molecule has 2 aromatic heterocycles. The van der Waals surface area contributed by atoms with Gasteiger partial charge >= 0.3 is 0 Å². The molecular formula is C14H20N4S. The van der Waals surface area contributed by atoms with Gasteiger partial charge in [-0.25, -0.2) is 0 Å². The number of nitrogens with zero attached hydrogens (tertiary/aromatic N) is 3. The number of hydrogen-bond acceptors (Lipinski definition) is 4. The average molecular weight is 276 g/mol. The summed E-state index contributed by atoms with van der Waals surface area (Å²) in [5.41, 5.74) is 9.98. The van der Waals surface area contributed by atoms with Crippen molar-refractivity contribution in [1.29, 1.82) is 0 Å². The van der Waals surface area contributed by atoms with Crippen LogP contribution < -0.4 is 5.73 Å². The van der Waals surface area contributed by atoms with Crippen LogP contribution in [0.4, 0.5) is 0 Å². The Morgan fingerprint density at radius 2 is 2.37 bits per heavy atom. The van der Waals surface area contributed by atoms with E-state index in [4.69, 9.17) is 5.73 Å². The molecular weight excluding hydrogens is 256 g/mol. The Hall–Kier alpha value is -1.17. The van der Waals surface area contributed by atoms with Crippen molar-refractivity contribution in [3.05, 3.63) is 39.3 Å². The topological polar surface area (TPSA) is 47.1 Å². The monoisotopic (exact) mass is 276 g/mol. The smallest absolute Gasteiger partial charge is 0.0540 e. The van der Waals surface area contributed by atoms with Crippen LogP contribution in [0.2, 0.25) is 0 Å². The van der Waals surface area contributed by atoms with Gasteiger partial charge in [0, 0.05) is 42.8 Å². The maximum Gasteiger partial charge on any atom is 0.0540 e. The summed E-state index contributed by atoms with van der Waals surface area (Å²) in [4.78, 5) is 4.02. The third-order valence-electron chi connectivity index (χ3n) is 4.13. The summed E-state index contributed by atoms with van der Waals surface area (Å²) in [5.74, 6) is 0. The van der Waals surface area contributed by atoms with Gasteiger partial charge < -0.3 is 5.73 Å². The molecule has 0 amide bonds. The van der Waals surface area contributed by atoms with Crippen molar-refractivity contribution in [3.8, 4) is 0 Å². The van der Waals surface area contributed by atoms with E-state index in [1.165, 1.54) is 21.7 Å². The summed E-state index contributed by atoms with van der Waals surface area (Å²) in [6, 6.07) is 2.53. The van der Waals surface area contributed by atoms with Gasteiger partial charge in [-0.3, -0.25) is 9.58 Å². The van der Waals surface area contributed by atoms with Crippen molar-refractivity contribution in [2.75, 3.05) is 13.1 Å². The lowest BCUT2D eigenvalue weighted by Crippen LogP contribution is -2.37. The summed E-state index contributed by atoms with van der Waals surface area (Å²) < 4.78 is 1.93. The number of rotatable bonds is 3. The predicted octanol–water partition coefficient (Wildman–Crippen LogP) is 1.85. The lowest BCUT2D eigenvalue weighted by atomic mass is 10.0. The lowest BCUT2D eigenvalue weighted by molar-refractivity contribution is 0.184. The molecule has 0 bridgehead atoms. The quantitative estimate of drug-likeness (QED) is 0.930. The van der Waals surface area contributed by atoms with E-state index in [-0.39, 0.29) is 6.04 Å². The molecule has 0 spiro atoms. The van der Waals surface area contributed by atoms with E-state index in [1.807, 2.05) is 29.3 Å². The Balaban J connectivity index is 1.86. The molecule has 5 heteroatoms. The molecule has 3 rings (SSSR count). The molecule has 0 saturated carbocycles. The molecule has 19 heavy (non-hydrogen) atoms. The highest BCUT2D eigenvalue weighted by Gasteiger charge is 2.26. The highest BCUT2D eigenvalue weighted by molar-refractivity contribution is 7.10. The molecule has 1 aliphatic rings. The Morgan fingerprint density at radius 3 is 3.05 bits per heavy atom. The first kappa shape index (κ1) is 12.8. The summed E-state index contributed by atoms with van der Waals surface area (Å²) in [7, 11) is 1.99. The molecule has 0 radical (unpaired) electrons. The minimum Gasteiger partial charge on any atom is -0.329 e. The fraction of sp³-hybridized carbons (Fsp3) is 0.500. The molecule has 0 saturated heterocycles. The second kappa shape index (κ2) is 5.07. The van der Waals surface area contributed by atoms with Crippen LogP contribution in [0, 0.1) is 6.92 Å². The number of aromatic nitrogens is 2. The summed E-state index contributed by atoms with van der Waals surface area (Å²) in [6.07, 6.45) is 3.11. The standard InChI is InChI=1S/C14H20N4S/c1-10-12(8-16-17(10)2)13(7-15)18-5-3-14-11(9-18)4-6-19-14/h4,6,8,13H,3,5,7,9,15H2,1-2H3. The third kappa shape index (κ3) is 2.22. The van der Waals surface area contributed by atoms with E-state index >= 15 is 0 Å². The van der Waals surface area contributed by atoms with Crippen molar-refractivity contribution in [2.45, 2.75) is 25.9 Å². The van der Waals surface area contributed by atoms with Gasteiger partial charge in [-0.2, -0.15) is 5.10 Å². The molecule has 0 fully saturated rings. The fourth-order valence-corrected chi connectivity index (χ4v) is 3.74. The molecule has 0 aromatic carbocycles. The predicted molar refractivity (Wildman–Crippen MR) is 78.2 cm³/mol. The van der Waals surface area contributed by atoms with E-state index in [0.29, 0.717) is 6.54 Å². The number of hydrogen-bond donors (Lipinski definition) is 1. The maximum absolute atomic E-state index is 6.03. The molecule has 1 aliphatic heterocycles. The lowest BCUT2D eigenvalue weighted by Gasteiger charge is -2.33. The van der Waals surface area contributed by atoms with E-state index < -0.39 is 0 Å². The Kier molecular flexibility index (Phi) is 3.43.